The van der Waals surface area contributed by atoms with Gasteiger partial charge in [0.1, 0.15) is 0 Å². The largest absolute Gasteiger partial charge is 0.309 e. The minimum absolute atomic E-state index is 0.0200. The molecule has 0 aliphatic carbocycles. The van der Waals surface area contributed by atoms with Gasteiger partial charge in [-0.3, -0.25) is 0 Å². The van der Waals surface area contributed by atoms with E-state index in [4.69, 9.17) is 0 Å². The highest BCUT2D eigenvalue weighted by molar-refractivity contribution is 6.21. The molecule has 12 rings (SSSR count). The molecule has 0 saturated heterocycles. The summed E-state index contributed by atoms with van der Waals surface area (Å²) in [7, 11) is 0. The summed E-state index contributed by atoms with van der Waals surface area (Å²) in [6.07, 6.45) is 0. The fraction of sp³-hybridized carbons (Fsp3) is 0.0667. The Morgan fingerprint density at radius 2 is 0.645 bits per heavy atom. The molecular formula is C60H44N2. The Balaban J connectivity index is 0.988. The second-order valence-corrected chi connectivity index (χ2v) is 17.7. The summed E-state index contributed by atoms with van der Waals surface area (Å²) in [6, 6.07) is 78.4. The van der Waals surface area contributed by atoms with Gasteiger partial charge in [-0.25, -0.2) is 0 Å². The zero-order valence-electron chi connectivity index (χ0n) is 35.1. The van der Waals surface area contributed by atoms with Gasteiger partial charge in [0.2, 0.25) is 0 Å². The van der Waals surface area contributed by atoms with Gasteiger partial charge in [0, 0.05) is 32.9 Å². The lowest BCUT2D eigenvalue weighted by Crippen LogP contribution is -2.10. The van der Waals surface area contributed by atoms with Crippen LogP contribution in [0.3, 0.4) is 0 Å². The summed E-state index contributed by atoms with van der Waals surface area (Å²) >= 11 is 0. The molecule has 2 heteroatoms. The number of benzene rings is 10. The van der Waals surface area contributed by atoms with Crippen LogP contribution in [0.2, 0.25) is 0 Å². The van der Waals surface area contributed by atoms with E-state index in [-0.39, 0.29) is 5.41 Å². The Kier molecular flexibility index (Phi) is 8.14. The molecule has 0 aliphatic heterocycles. The maximum atomic E-state index is 2.45. The third kappa shape index (κ3) is 5.64. The van der Waals surface area contributed by atoms with Crippen molar-refractivity contribution in [2.45, 2.75) is 26.2 Å². The molecule has 0 spiro atoms. The molecule has 62 heavy (non-hydrogen) atoms. The normalized spacial score (nSPS) is 12.1. The molecule has 2 nitrogen and oxygen atoms in total. The molecule has 10 aromatic carbocycles. The number of nitrogens with zero attached hydrogens (tertiary/aromatic N) is 2. The van der Waals surface area contributed by atoms with Gasteiger partial charge >= 0.3 is 0 Å². The number of fused-ring (bicyclic) bond motifs is 8. The first-order valence-electron chi connectivity index (χ1n) is 21.7. The van der Waals surface area contributed by atoms with Gasteiger partial charge in [-0.1, -0.05) is 172 Å². The smallest absolute Gasteiger partial charge is 0.0541 e. The third-order valence-electron chi connectivity index (χ3n) is 13.1. The van der Waals surface area contributed by atoms with Crippen LogP contribution in [0.25, 0.3) is 110 Å². The van der Waals surface area contributed by atoms with Crippen LogP contribution >= 0.6 is 0 Å². The minimum Gasteiger partial charge on any atom is -0.309 e. The molecule has 12 aromatic rings. The SMILES string of the molecule is CC(C)(C)c1ccc2c(c1)c1cc(-c3ccc(-n4c5ccccc5c5ccccc54)cc3)ccc1n2-c1ccc(-c2c3ccccc3c(-c3ccccc3)c3ccccc23)cc1. The van der Waals surface area contributed by atoms with Crippen LogP contribution in [0.15, 0.2) is 212 Å². The summed E-state index contributed by atoms with van der Waals surface area (Å²) in [5, 5.41) is 10.1. The van der Waals surface area contributed by atoms with E-state index >= 15 is 0 Å². The van der Waals surface area contributed by atoms with E-state index in [0.717, 1.165) is 11.4 Å². The number of aromatic nitrogens is 2. The zero-order chi connectivity index (χ0) is 41.5. The van der Waals surface area contributed by atoms with Crippen molar-refractivity contribution in [1.82, 2.24) is 9.13 Å². The molecule has 0 fully saturated rings. The predicted molar refractivity (Wildman–Crippen MR) is 265 cm³/mol. The summed E-state index contributed by atoms with van der Waals surface area (Å²) in [4.78, 5) is 0. The lowest BCUT2D eigenvalue weighted by molar-refractivity contribution is 0.591. The molecular weight excluding hydrogens is 749 g/mol. The van der Waals surface area contributed by atoms with E-state index in [1.54, 1.807) is 0 Å². The molecule has 0 N–H and O–H groups in total. The average molecular weight is 793 g/mol. The molecule has 0 bridgehead atoms. The number of rotatable bonds is 5. The Hall–Kier alpha value is -7.68. The van der Waals surface area contributed by atoms with Gasteiger partial charge in [-0.15, -0.1) is 0 Å². The van der Waals surface area contributed by atoms with E-state index in [1.165, 1.54) is 104 Å². The van der Waals surface area contributed by atoms with Gasteiger partial charge in [-0.05, 0) is 127 Å². The lowest BCUT2D eigenvalue weighted by Gasteiger charge is -2.19. The molecule has 0 saturated carbocycles. The average Bonchev–Trinajstić information content (AvgIpc) is 3.83. The number of hydrogen-bond donors (Lipinski definition) is 0. The molecule has 2 heterocycles. The Morgan fingerprint density at radius 3 is 1.15 bits per heavy atom. The summed E-state index contributed by atoms with van der Waals surface area (Å²) < 4.78 is 4.83. The van der Waals surface area contributed by atoms with Gasteiger partial charge < -0.3 is 9.13 Å². The van der Waals surface area contributed by atoms with Crippen molar-refractivity contribution in [3.8, 4) is 44.8 Å². The monoisotopic (exact) mass is 792 g/mol. The Labute approximate surface area is 361 Å². The van der Waals surface area contributed by atoms with Crippen LogP contribution in [-0.2, 0) is 5.41 Å². The third-order valence-corrected chi connectivity index (χ3v) is 13.1. The van der Waals surface area contributed by atoms with Gasteiger partial charge in [0.15, 0.2) is 0 Å². The topological polar surface area (TPSA) is 9.86 Å². The molecule has 0 amide bonds. The van der Waals surface area contributed by atoms with Crippen molar-refractivity contribution >= 4 is 65.2 Å². The Morgan fingerprint density at radius 1 is 0.274 bits per heavy atom. The van der Waals surface area contributed by atoms with E-state index < -0.39 is 0 Å². The van der Waals surface area contributed by atoms with Crippen molar-refractivity contribution in [3.63, 3.8) is 0 Å². The van der Waals surface area contributed by atoms with Crippen LogP contribution in [0.4, 0.5) is 0 Å². The predicted octanol–water partition coefficient (Wildman–Crippen LogP) is 16.5. The first kappa shape index (κ1) is 36.2. The zero-order valence-corrected chi connectivity index (χ0v) is 35.1. The van der Waals surface area contributed by atoms with E-state index in [9.17, 15) is 0 Å². The van der Waals surface area contributed by atoms with Gasteiger partial charge in [0.05, 0.1) is 22.1 Å². The van der Waals surface area contributed by atoms with Crippen molar-refractivity contribution in [2.75, 3.05) is 0 Å². The Bertz CT molecular complexity index is 3580. The van der Waals surface area contributed by atoms with Crippen molar-refractivity contribution < 1.29 is 0 Å². The van der Waals surface area contributed by atoms with Crippen LogP contribution in [0, 0.1) is 0 Å². The number of para-hydroxylation sites is 2. The van der Waals surface area contributed by atoms with Crippen LogP contribution in [-0.4, -0.2) is 9.13 Å². The van der Waals surface area contributed by atoms with Crippen LogP contribution in [0.1, 0.15) is 26.3 Å². The molecule has 294 valence electrons. The van der Waals surface area contributed by atoms with Gasteiger partial charge in [-0.2, -0.15) is 0 Å². The molecule has 2 aromatic heterocycles. The quantitative estimate of drug-likeness (QED) is 0.154. The van der Waals surface area contributed by atoms with Gasteiger partial charge in [0.25, 0.3) is 0 Å². The highest BCUT2D eigenvalue weighted by Crippen LogP contribution is 2.44. The number of hydrogen-bond acceptors (Lipinski definition) is 0. The maximum absolute atomic E-state index is 2.45. The molecule has 0 radical (unpaired) electrons. The second-order valence-electron chi connectivity index (χ2n) is 17.7. The van der Waals surface area contributed by atoms with Crippen LogP contribution < -0.4 is 0 Å². The standard InChI is InChI=1S/C60H44N2/c1-60(2,3)43-30-36-57-53(38-43)52-37-42(39-25-31-44(32-26-39)61-54-23-13-11-17-46(54)47-18-12-14-24-55(47)61)29-35-56(52)62(57)45-33-27-41(28-34-45)59-50-21-9-7-19-48(50)58(40-15-5-4-6-16-40)49-20-8-10-22-51(49)59/h4-38H,1-3H3. The van der Waals surface area contributed by atoms with Crippen molar-refractivity contribution in [1.29, 1.82) is 0 Å². The highest BCUT2D eigenvalue weighted by atomic mass is 15.0. The molecule has 0 atom stereocenters. The first-order chi connectivity index (χ1) is 30.4. The van der Waals surface area contributed by atoms with Crippen molar-refractivity contribution in [2.24, 2.45) is 0 Å². The van der Waals surface area contributed by atoms with E-state index in [2.05, 4.69) is 242 Å². The van der Waals surface area contributed by atoms with Crippen LogP contribution in [0.5, 0.6) is 0 Å². The minimum atomic E-state index is 0.0200. The summed E-state index contributed by atoms with van der Waals surface area (Å²) in [5.74, 6) is 0. The van der Waals surface area contributed by atoms with E-state index in [0.29, 0.717) is 0 Å². The first-order valence-corrected chi connectivity index (χ1v) is 21.7. The maximum Gasteiger partial charge on any atom is 0.0541 e. The molecule has 0 aliphatic rings. The fourth-order valence-electron chi connectivity index (χ4n) is 10.1. The summed E-state index contributed by atoms with van der Waals surface area (Å²) in [5.41, 5.74) is 15.9. The highest BCUT2D eigenvalue weighted by Gasteiger charge is 2.21. The second kappa shape index (κ2) is 13.9. The molecule has 0 unspecified atom stereocenters. The fourth-order valence-corrected chi connectivity index (χ4v) is 10.1. The van der Waals surface area contributed by atoms with Crippen molar-refractivity contribution in [3.05, 3.63) is 218 Å². The summed E-state index contributed by atoms with van der Waals surface area (Å²) in [6.45, 7) is 6.90. The van der Waals surface area contributed by atoms with E-state index in [1.807, 2.05) is 0 Å². The lowest BCUT2D eigenvalue weighted by atomic mass is 9.86.